The van der Waals surface area contributed by atoms with E-state index in [0.717, 1.165) is 0 Å². The highest BCUT2D eigenvalue weighted by Gasteiger charge is 2.41. The van der Waals surface area contributed by atoms with Crippen molar-refractivity contribution in [3.8, 4) is 0 Å². The fraction of sp³-hybridized carbons (Fsp3) is 0.211. The Labute approximate surface area is 177 Å². The number of nitrogens with zero attached hydrogens (tertiary/aromatic N) is 1. The number of aliphatic imine (C=N–C) groups is 1. The molecule has 2 atom stereocenters. The molecular formula is C19H16Cl3N4O2. The van der Waals surface area contributed by atoms with E-state index in [2.05, 4.69) is 21.2 Å². The summed E-state index contributed by atoms with van der Waals surface area (Å²) in [6.45, 7) is 1.33. The molecule has 3 N–H and O–H groups in total. The Hall–Kier alpha value is -2.12. The smallest absolute Gasteiger partial charge is 0.231 e. The highest BCUT2D eigenvalue weighted by atomic mass is 35.5. The first-order chi connectivity index (χ1) is 13.4. The van der Waals surface area contributed by atoms with E-state index in [1.165, 1.54) is 6.92 Å². The van der Waals surface area contributed by atoms with E-state index in [1.807, 2.05) is 18.2 Å². The van der Waals surface area contributed by atoms with Crippen LogP contribution in [0, 0.1) is 0 Å². The normalized spacial score (nSPS) is 19.5. The summed E-state index contributed by atoms with van der Waals surface area (Å²) in [5, 5.41) is 3.04. The molecule has 0 spiro atoms. The van der Waals surface area contributed by atoms with E-state index in [9.17, 15) is 9.59 Å². The fourth-order valence-electron chi connectivity index (χ4n) is 2.85. The summed E-state index contributed by atoms with van der Waals surface area (Å²) < 4.78 is 0. The Morgan fingerprint density at radius 3 is 2.68 bits per heavy atom. The van der Waals surface area contributed by atoms with Crippen LogP contribution in [0.4, 0.5) is 5.69 Å². The van der Waals surface area contributed by atoms with Crippen molar-refractivity contribution in [1.29, 1.82) is 0 Å². The molecule has 0 saturated carbocycles. The predicted octanol–water partition coefficient (Wildman–Crippen LogP) is 3.31. The SMILES string of the molecule is CC(=O)NNC1(C(Cl)[C]=O)CN=C(c2ccccc2Cl)c2cc(Cl)ccc2N1. The average Bonchev–Trinajstić information content (AvgIpc) is 2.84. The largest absolute Gasteiger partial charge is 0.362 e. The molecule has 1 aliphatic heterocycles. The second kappa shape index (κ2) is 8.49. The van der Waals surface area contributed by atoms with Gasteiger partial charge in [-0.25, -0.2) is 5.43 Å². The van der Waals surface area contributed by atoms with Crippen LogP contribution >= 0.6 is 34.8 Å². The lowest BCUT2D eigenvalue weighted by Crippen LogP contribution is -2.66. The number of alkyl halides is 1. The van der Waals surface area contributed by atoms with Crippen LogP contribution in [-0.2, 0) is 9.59 Å². The second-order valence-electron chi connectivity index (χ2n) is 6.22. The van der Waals surface area contributed by atoms with Gasteiger partial charge in [0, 0.05) is 33.8 Å². The molecule has 28 heavy (non-hydrogen) atoms. The molecule has 0 aliphatic carbocycles. The zero-order valence-corrected chi connectivity index (χ0v) is 17.0. The van der Waals surface area contributed by atoms with Gasteiger partial charge in [-0.1, -0.05) is 41.4 Å². The van der Waals surface area contributed by atoms with Crippen LogP contribution in [0.2, 0.25) is 10.0 Å². The topological polar surface area (TPSA) is 82.6 Å². The molecule has 1 amide bonds. The van der Waals surface area contributed by atoms with Gasteiger partial charge in [-0.3, -0.25) is 20.0 Å². The summed E-state index contributed by atoms with van der Waals surface area (Å²) >= 11 is 18.9. The molecule has 0 bridgehead atoms. The average molecular weight is 439 g/mol. The Bertz CT molecular complexity index is 951. The number of carbonyl (C=O) groups excluding carboxylic acids is 2. The van der Waals surface area contributed by atoms with E-state index in [1.54, 1.807) is 30.6 Å². The van der Waals surface area contributed by atoms with Gasteiger partial charge in [0.15, 0.2) is 0 Å². The number of benzodiazepines with no additional fused rings is 1. The van der Waals surface area contributed by atoms with E-state index in [0.29, 0.717) is 32.6 Å². The first kappa shape index (κ1) is 20.6. The van der Waals surface area contributed by atoms with Crippen LogP contribution in [0.15, 0.2) is 47.5 Å². The highest BCUT2D eigenvalue weighted by Crippen LogP contribution is 2.32. The number of benzene rings is 2. The van der Waals surface area contributed by atoms with E-state index < -0.39 is 11.0 Å². The molecule has 6 nitrogen and oxygen atoms in total. The third-order valence-electron chi connectivity index (χ3n) is 4.21. The zero-order chi connectivity index (χ0) is 20.3. The molecule has 0 aromatic heterocycles. The number of hydrogen-bond acceptors (Lipinski definition) is 5. The van der Waals surface area contributed by atoms with Crippen molar-refractivity contribution < 1.29 is 9.59 Å². The summed E-state index contributed by atoms with van der Waals surface area (Å²) in [6.07, 6.45) is 1.75. The minimum Gasteiger partial charge on any atom is -0.362 e. The zero-order valence-electron chi connectivity index (χ0n) is 14.7. The minimum absolute atomic E-state index is 0.00351. The first-order valence-electron chi connectivity index (χ1n) is 8.29. The molecule has 2 aromatic rings. The maximum atomic E-state index is 11.4. The van der Waals surface area contributed by atoms with Crippen LogP contribution in [0.25, 0.3) is 0 Å². The third kappa shape index (κ3) is 4.15. The number of nitrogens with one attached hydrogen (secondary N) is 3. The molecule has 9 heteroatoms. The number of anilines is 1. The lowest BCUT2D eigenvalue weighted by Gasteiger charge is -2.35. The van der Waals surface area contributed by atoms with Crippen molar-refractivity contribution in [2.24, 2.45) is 4.99 Å². The van der Waals surface area contributed by atoms with Gasteiger partial charge in [0.25, 0.3) is 0 Å². The quantitative estimate of drug-likeness (QED) is 0.494. The van der Waals surface area contributed by atoms with Gasteiger partial charge >= 0.3 is 0 Å². The molecule has 2 aromatic carbocycles. The van der Waals surface area contributed by atoms with Crippen LogP contribution < -0.4 is 16.2 Å². The van der Waals surface area contributed by atoms with Gasteiger partial charge in [-0.2, -0.15) is 0 Å². The number of hydrazine groups is 1. The van der Waals surface area contributed by atoms with Crippen molar-refractivity contribution in [3.05, 3.63) is 63.6 Å². The van der Waals surface area contributed by atoms with E-state index in [-0.39, 0.29) is 12.5 Å². The minimum atomic E-state index is -1.32. The van der Waals surface area contributed by atoms with Crippen LogP contribution in [0.3, 0.4) is 0 Å². The third-order valence-corrected chi connectivity index (χ3v) is 5.23. The molecule has 3 rings (SSSR count). The number of halogens is 3. The van der Waals surface area contributed by atoms with Gasteiger partial charge in [0.1, 0.15) is 11.0 Å². The summed E-state index contributed by atoms with van der Waals surface area (Å²) in [7, 11) is 0. The molecule has 0 saturated heterocycles. The van der Waals surface area contributed by atoms with Gasteiger partial charge in [-0.05, 0) is 24.3 Å². The number of rotatable bonds is 5. The fourth-order valence-corrected chi connectivity index (χ4v) is 3.43. The number of fused-ring (bicyclic) bond motifs is 1. The summed E-state index contributed by atoms with van der Waals surface area (Å²) in [6, 6.07) is 12.4. The molecule has 145 valence electrons. The van der Waals surface area contributed by atoms with Gasteiger partial charge < -0.3 is 5.32 Å². The second-order valence-corrected chi connectivity index (χ2v) is 7.50. The Morgan fingerprint density at radius 2 is 2.00 bits per heavy atom. The van der Waals surface area contributed by atoms with Crippen molar-refractivity contribution in [3.63, 3.8) is 0 Å². The molecule has 1 radical (unpaired) electrons. The standard InChI is InChI=1S/C19H16Cl3N4O2/c1-11(28)25-26-19(17(22)9-27)10-23-18(13-4-2-3-5-15(13)21)14-8-12(20)6-7-16(14)24-19/h2-8,17,24,26H,10H2,1H3,(H,25,28). The van der Waals surface area contributed by atoms with Crippen LogP contribution in [-0.4, -0.2) is 35.5 Å². The van der Waals surface area contributed by atoms with Crippen LogP contribution in [0.5, 0.6) is 0 Å². The van der Waals surface area contributed by atoms with Gasteiger partial charge in [0.2, 0.25) is 12.2 Å². The van der Waals surface area contributed by atoms with Gasteiger partial charge in [0.05, 0.1) is 12.3 Å². The summed E-state index contributed by atoms with van der Waals surface area (Å²) in [5.41, 5.74) is 6.51. The number of amides is 1. The van der Waals surface area contributed by atoms with Crippen molar-refractivity contribution >= 4 is 58.4 Å². The van der Waals surface area contributed by atoms with Crippen molar-refractivity contribution in [1.82, 2.24) is 10.9 Å². The molecule has 0 fully saturated rings. The lowest BCUT2D eigenvalue weighted by molar-refractivity contribution is -0.120. The van der Waals surface area contributed by atoms with Crippen LogP contribution in [0.1, 0.15) is 18.1 Å². The molecular weight excluding hydrogens is 423 g/mol. The highest BCUT2D eigenvalue weighted by molar-refractivity contribution is 6.36. The maximum absolute atomic E-state index is 11.4. The number of hydrogen-bond donors (Lipinski definition) is 3. The number of carbonyl (C=O) groups is 1. The first-order valence-corrected chi connectivity index (χ1v) is 9.48. The van der Waals surface area contributed by atoms with E-state index >= 15 is 0 Å². The Kier molecular flexibility index (Phi) is 6.25. The monoisotopic (exact) mass is 437 g/mol. The van der Waals surface area contributed by atoms with E-state index in [4.69, 9.17) is 34.8 Å². The molecule has 1 heterocycles. The molecule has 2 unspecified atom stereocenters. The maximum Gasteiger partial charge on any atom is 0.231 e. The Morgan fingerprint density at radius 1 is 1.25 bits per heavy atom. The predicted molar refractivity (Wildman–Crippen MR) is 112 cm³/mol. The summed E-state index contributed by atoms with van der Waals surface area (Å²) in [5.74, 6) is -0.355. The van der Waals surface area contributed by atoms with Gasteiger partial charge in [-0.15, -0.1) is 11.6 Å². The van der Waals surface area contributed by atoms with Crippen molar-refractivity contribution in [2.45, 2.75) is 18.0 Å². The van der Waals surface area contributed by atoms with Crippen molar-refractivity contribution in [2.75, 3.05) is 11.9 Å². The molecule has 1 aliphatic rings. The lowest BCUT2D eigenvalue weighted by atomic mass is 10.0. The summed E-state index contributed by atoms with van der Waals surface area (Å²) in [4.78, 5) is 27.5. The Balaban J connectivity index is 2.18.